The molecule has 2 aromatic rings. The quantitative estimate of drug-likeness (QED) is 0.853. The van der Waals surface area contributed by atoms with Crippen molar-refractivity contribution in [1.29, 1.82) is 0 Å². The van der Waals surface area contributed by atoms with Crippen LogP contribution in [0.2, 0.25) is 0 Å². The smallest absolute Gasteiger partial charge is 0.255 e. The Hall–Kier alpha value is -1.82. The second-order valence-corrected chi connectivity index (χ2v) is 6.13. The lowest BCUT2D eigenvalue weighted by Crippen LogP contribution is -2.28. The first-order valence-electron chi connectivity index (χ1n) is 6.81. The van der Waals surface area contributed by atoms with E-state index in [1.165, 1.54) is 0 Å². The minimum atomic E-state index is -0.0312. The molecule has 0 saturated heterocycles. The molecule has 1 amide bonds. The molecule has 2 heterocycles. The summed E-state index contributed by atoms with van der Waals surface area (Å²) in [7, 11) is 1.77. The molecule has 0 spiro atoms. The van der Waals surface area contributed by atoms with Gasteiger partial charge in [-0.2, -0.15) is 0 Å². The van der Waals surface area contributed by atoms with E-state index in [9.17, 15) is 4.79 Å². The van der Waals surface area contributed by atoms with E-state index in [-0.39, 0.29) is 5.91 Å². The zero-order chi connectivity index (χ0) is 14.8. The molecule has 2 aromatic heterocycles. The van der Waals surface area contributed by atoms with E-state index in [4.69, 9.17) is 0 Å². The van der Waals surface area contributed by atoms with Crippen LogP contribution in [0.15, 0.2) is 35.3 Å². The minimum Gasteiger partial charge on any atom is -0.336 e. The average Bonchev–Trinajstić information content (AvgIpc) is 3.32. The molecule has 0 aromatic carbocycles. The summed E-state index contributed by atoms with van der Waals surface area (Å²) in [5, 5.41) is 0. The SMILES string of the molecule is CN(Cc1cnccn1)C(=O)c1cc(Br)cnc1C1CC1. The molecular formula is C15H15BrN4O. The maximum absolute atomic E-state index is 12.7. The van der Waals surface area contributed by atoms with Crippen LogP contribution in [0.4, 0.5) is 0 Å². The molecule has 1 fully saturated rings. The second kappa shape index (κ2) is 5.89. The monoisotopic (exact) mass is 346 g/mol. The van der Waals surface area contributed by atoms with E-state index in [1.54, 1.807) is 36.7 Å². The van der Waals surface area contributed by atoms with Crippen molar-refractivity contribution in [3.05, 3.63) is 52.3 Å². The summed E-state index contributed by atoms with van der Waals surface area (Å²) in [6.07, 6.45) is 8.90. The third-order valence-corrected chi connectivity index (χ3v) is 3.88. The molecule has 1 aliphatic carbocycles. The molecule has 6 heteroatoms. The van der Waals surface area contributed by atoms with E-state index in [0.29, 0.717) is 18.0 Å². The summed E-state index contributed by atoms with van der Waals surface area (Å²) in [5.41, 5.74) is 2.36. The Morgan fingerprint density at radius 1 is 1.33 bits per heavy atom. The molecule has 1 aliphatic rings. The number of halogens is 1. The van der Waals surface area contributed by atoms with Gasteiger partial charge < -0.3 is 4.90 Å². The van der Waals surface area contributed by atoms with Crippen LogP contribution in [0.1, 0.15) is 40.5 Å². The van der Waals surface area contributed by atoms with E-state index in [1.807, 2.05) is 6.07 Å². The van der Waals surface area contributed by atoms with E-state index < -0.39 is 0 Å². The number of pyridine rings is 1. The summed E-state index contributed by atoms with van der Waals surface area (Å²) in [5.74, 6) is 0.401. The highest BCUT2D eigenvalue weighted by Gasteiger charge is 2.30. The first-order chi connectivity index (χ1) is 10.1. The van der Waals surface area contributed by atoms with Crippen molar-refractivity contribution in [3.63, 3.8) is 0 Å². The third-order valence-electron chi connectivity index (χ3n) is 3.44. The maximum atomic E-state index is 12.7. The van der Waals surface area contributed by atoms with Crippen molar-refractivity contribution in [3.8, 4) is 0 Å². The number of hydrogen-bond acceptors (Lipinski definition) is 4. The summed E-state index contributed by atoms with van der Waals surface area (Å²) in [6.45, 7) is 0.434. The van der Waals surface area contributed by atoms with Crippen LogP contribution in [-0.2, 0) is 6.54 Å². The average molecular weight is 347 g/mol. The van der Waals surface area contributed by atoms with Gasteiger partial charge in [0.1, 0.15) is 0 Å². The number of carbonyl (C=O) groups is 1. The molecule has 21 heavy (non-hydrogen) atoms. The molecule has 0 bridgehead atoms. The molecule has 108 valence electrons. The van der Waals surface area contributed by atoms with Crippen LogP contribution < -0.4 is 0 Å². The normalized spacial score (nSPS) is 14.0. The van der Waals surface area contributed by atoms with Crippen molar-refractivity contribution in [1.82, 2.24) is 19.9 Å². The Balaban J connectivity index is 1.82. The van der Waals surface area contributed by atoms with Gasteiger partial charge in [-0.1, -0.05) is 0 Å². The van der Waals surface area contributed by atoms with Gasteiger partial charge in [-0.15, -0.1) is 0 Å². The van der Waals surface area contributed by atoms with Gasteiger partial charge in [0, 0.05) is 36.0 Å². The van der Waals surface area contributed by atoms with E-state index in [0.717, 1.165) is 28.7 Å². The zero-order valence-corrected chi connectivity index (χ0v) is 13.2. The largest absolute Gasteiger partial charge is 0.336 e. The van der Waals surface area contributed by atoms with Gasteiger partial charge in [-0.25, -0.2) is 0 Å². The Morgan fingerprint density at radius 2 is 2.14 bits per heavy atom. The number of carbonyl (C=O) groups excluding carboxylic acids is 1. The summed E-state index contributed by atoms with van der Waals surface area (Å²) in [6, 6.07) is 1.86. The van der Waals surface area contributed by atoms with Crippen LogP contribution >= 0.6 is 15.9 Å². The summed E-state index contributed by atoms with van der Waals surface area (Å²) in [4.78, 5) is 27.0. The topological polar surface area (TPSA) is 59.0 Å². The fourth-order valence-corrected chi connectivity index (χ4v) is 2.57. The predicted octanol–water partition coefficient (Wildman–Crippen LogP) is 2.78. The number of hydrogen-bond donors (Lipinski definition) is 0. The van der Waals surface area contributed by atoms with Crippen molar-refractivity contribution >= 4 is 21.8 Å². The standard InChI is InChI=1S/C15H15BrN4O/c1-20(9-12-8-17-4-5-18-12)15(21)13-6-11(16)7-19-14(13)10-2-3-10/h4-8,10H,2-3,9H2,1H3. The number of rotatable bonds is 4. The highest BCUT2D eigenvalue weighted by molar-refractivity contribution is 9.10. The lowest BCUT2D eigenvalue weighted by molar-refractivity contribution is 0.0781. The van der Waals surface area contributed by atoms with Gasteiger partial charge >= 0.3 is 0 Å². The highest BCUT2D eigenvalue weighted by atomic mass is 79.9. The lowest BCUT2D eigenvalue weighted by atomic mass is 10.1. The van der Waals surface area contributed by atoms with Gasteiger partial charge in [0.05, 0.1) is 29.7 Å². The number of aromatic nitrogens is 3. The fourth-order valence-electron chi connectivity index (χ4n) is 2.24. The molecule has 0 radical (unpaired) electrons. The van der Waals surface area contributed by atoms with Crippen molar-refractivity contribution in [2.24, 2.45) is 0 Å². The Morgan fingerprint density at radius 3 is 2.81 bits per heavy atom. The molecule has 1 saturated carbocycles. The van der Waals surface area contributed by atoms with Crippen LogP contribution in [0.25, 0.3) is 0 Å². The Kier molecular flexibility index (Phi) is 3.96. The fraction of sp³-hybridized carbons (Fsp3) is 0.333. The maximum Gasteiger partial charge on any atom is 0.255 e. The van der Waals surface area contributed by atoms with E-state index in [2.05, 4.69) is 30.9 Å². The van der Waals surface area contributed by atoms with Gasteiger partial charge in [-0.05, 0) is 34.8 Å². The second-order valence-electron chi connectivity index (χ2n) is 5.22. The molecule has 0 atom stereocenters. The first kappa shape index (κ1) is 14.1. The van der Waals surface area contributed by atoms with Crippen LogP contribution in [0, 0.1) is 0 Å². The van der Waals surface area contributed by atoms with Gasteiger partial charge in [-0.3, -0.25) is 19.7 Å². The first-order valence-corrected chi connectivity index (χ1v) is 7.60. The minimum absolute atomic E-state index is 0.0312. The third kappa shape index (κ3) is 3.26. The van der Waals surface area contributed by atoms with Crippen molar-refractivity contribution < 1.29 is 4.79 Å². The molecule has 5 nitrogen and oxygen atoms in total. The Labute approximate surface area is 131 Å². The highest BCUT2D eigenvalue weighted by Crippen LogP contribution is 2.41. The summed E-state index contributed by atoms with van der Waals surface area (Å²) < 4.78 is 0.822. The van der Waals surface area contributed by atoms with Crippen molar-refractivity contribution in [2.45, 2.75) is 25.3 Å². The summed E-state index contributed by atoms with van der Waals surface area (Å²) >= 11 is 3.39. The molecule has 0 N–H and O–H groups in total. The van der Waals surface area contributed by atoms with Crippen LogP contribution in [0.5, 0.6) is 0 Å². The molecular weight excluding hydrogens is 332 g/mol. The molecule has 3 rings (SSSR count). The van der Waals surface area contributed by atoms with E-state index >= 15 is 0 Å². The Bertz CT molecular complexity index is 658. The van der Waals surface area contributed by atoms with Crippen LogP contribution in [-0.4, -0.2) is 32.8 Å². The van der Waals surface area contributed by atoms with Gasteiger partial charge in [0.2, 0.25) is 0 Å². The van der Waals surface area contributed by atoms with Gasteiger partial charge in [0.15, 0.2) is 0 Å². The molecule has 0 aliphatic heterocycles. The number of nitrogens with zero attached hydrogens (tertiary/aromatic N) is 4. The zero-order valence-electron chi connectivity index (χ0n) is 11.7. The molecule has 0 unspecified atom stereocenters. The van der Waals surface area contributed by atoms with Gasteiger partial charge in [0.25, 0.3) is 5.91 Å². The predicted molar refractivity (Wildman–Crippen MR) is 81.7 cm³/mol. The van der Waals surface area contributed by atoms with Crippen LogP contribution in [0.3, 0.4) is 0 Å². The lowest BCUT2D eigenvalue weighted by Gasteiger charge is -2.18. The van der Waals surface area contributed by atoms with Crippen molar-refractivity contribution in [2.75, 3.05) is 7.05 Å². The number of amides is 1.